The third-order valence-electron chi connectivity index (χ3n) is 3.95. The Morgan fingerprint density at radius 2 is 1.84 bits per heavy atom. The van der Waals surface area contributed by atoms with Crippen molar-refractivity contribution in [2.75, 3.05) is 20.1 Å². The standard InChI is InChI=1S/C15H21BrN2O/c1-17-10-11-18-14(19)15(8-2-3-9-15)12-4-6-13(16)7-5-12/h4-7,17H,2-3,8-11H2,1H3,(H,18,19). The van der Waals surface area contributed by atoms with E-state index in [-0.39, 0.29) is 11.3 Å². The first-order chi connectivity index (χ1) is 9.19. The predicted molar refractivity (Wildman–Crippen MR) is 81.2 cm³/mol. The van der Waals surface area contributed by atoms with Crippen LogP contribution in [0.1, 0.15) is 31.2 Å². The van der Waals surface area contributed by atoms with E-state index in [1.807, 2.05) is 19.2 Å². The molecule has 19 heavy (non-hydrogen) atoms. The van der Waals surface area contributed by atoms with E-state index in [4.69, 9.17) is 0 Å². The molecule has 4 heteroatoms. The van der Waals surface area contributed by atoms with Gasteiger partial charge in [0.15, 0.2) is 0 Å². The molecule has 0 heterocycles. The average molecular weight is 325 g/mol. The van der Waals surface area contributed by atoms with Gasteiger partial charge < -0.3 is 10.6 Å². The molecule has 0 aliphatic heterocycles. The predicted octanol–water partition coefficient (Wildman–Crippen LogP) is 2.60. The van der Waals surface area contributed by atoms with Crippen LogP contribution >= 0.6 is 15.9 Å². The van der Waals surface area contributed by atoms with Crippen LogP contribution in [0.5, 0.6) is 0 Å². The van der Waals surface area contributed by atoms with Crippen molar-refractivity contribution in [1.82, 2.24) is 10.6 Å². The van der Waals surface area contributed by atoms with Crippen LogP contribution in [-0.4, -0.2) is 26.0 Å². The van der Waals surface area contributed by atoms with Gasteiger partial charge in [0.1, 0.15) is 0 Å². The fourth-order valence-corrected chi connectivity index (χ4v) is 3.13. The molecule has 1 aromatic carbocycles. The van der Waals surface area contributed by atoms with Crippen molar-refractivity contribution in [2.24, 2.45) is 0 Å². The van der Waals surface area contributed by atoms with Crippen LogP contribution in [0, 0.1) is 0 Å². The lowest BCUT2D eigenvalue weighted by Gasteiger charge is -2.28. The van der Waals surface area contributed by atoms with Gasteiger partial charge in [-0.3, -0.25) is 4.79 Å². The topological polar surface area (TPSA) is 41.1 Å². The Kier molecular flexibility index (Phi) is 4.99. The van der Waals surface area contributed by atoms with E-state index >= 15 is 0 Å². The van der Waals surface area contributed by atoms with Gasteiger partial charge in [-0.05, 0) is 37.6 Å². The largest absolute Gasteiger partial charge is 0.354 e. The Bertz CT molecular complexity index is 424. The van der Waals surface area contributed by atoms with Crippen molar-refractivity contribution >= 4 is 21.8 Å². The highest BCUT2D eigenvalue weighted by molar-refractivity contribution is 9.10. The summed E-state index contributed by atoms with van der Waals surface area (Å²) < 4.78 is 1.06. The fourth-order valence-electron chi connectivity index (χ4n) is 2.86. The molecule has 104 valence electrons. The summed E-state index contributed by atoms with van der Waals surface area (Å²) >= 11 is 3.45. The van der Waals surface area contributed by atoms with E-state index < -0.39 is 0 Å². The second kappa shape index (κ2) is 6.53. The maximum atomic E-state index is 12.6. The van der Waals surface area contributed by atoms with Gasteiger partial charge in [-0.2, -0.15) is 0 Å². The zero-order valence-electron chi connectivity index (χ0n) is 11.3. The van der Waals surface area contributed by atoms with Gasteiger partial charge in [0.2, 0.25) is 5.91 Å². The van der Waals surface area contributed by atoms with Gasteiger partial charge in [-0.25, -0.2) is 0 Å². The molecule has 1 aromatic rings. The van der Waals surface area contributed by atoms with Gasteiger partial charge >= 0.3 is 0 Å². The molecular weight excluding hydrogens is 304 g/mol. The Morgan fingerprint density at radius 3 is 2.42 bits per heavy atom. The minimum absolute atomic E-state index is 0.183. The van der Waals surface area contributed by atoms with E-state index in [9.17, 15) is 4.79 Å². The second-order valence-electron chi connectivity index (χ2n) is 5.16. The summed E-state index contributed by atoms with van der Waals surface area (Å²) in [5, 5.41) is 6.12. The minimum Gasteiger partial charge on any atom is -0.354 e. The molecule has 1 aliphatic carbocycles. The number of hydrogen-bond acceptors (Lipinski definition) is 2. The Morgan fingerprint density at radius 1 is 1.21 bits per heavy atom. The van der Waals surface area contributed by atoms with Crippen LogP contribution in [0.3, 0.4) is 0 Å². The maximum absolute atomic E-state index is 12.6. The molecule has 0 saturated heterocycles. The number of hydrogen-bond donors (Lipinski definition) is 2. The third kappa shape index (κ3) is 3.18. The molecule has 0 bridgehead atoms. The van der Waals surface area contributed by atoms with Crippen LogP contribution in [0.15, 0.2) is 28.7 Å². The van der Waals surface area contributed by atoms with Crippen LogP contribution < -0.4 is 10.6 Å². The molecule has 0 aromatic heterocycles. The summed E-state index contributed by atoms with van der Waals surface area (Å²) in [7, 11) is 1.90. The highest BCUT2D eigenvalue weighted by atomic mass is 79.9. The Labute approximate surface area is 123 Å². The summed E-state index contributed by atoms with van der Waals surface area (Å²) in [5.74, 6) is 0.183. The molecule has 2 N–H and O–H groups in total. The molecule has 2 rings (SSSR count). The second-order valence-corrected chi connectivity index (χ2v) is 6.07. The maximum Gasteiger partial charge on any atom is 0.230 e. The smallest absolute Gasteiger partial charge is 0.230 e. The Hall–Kier alpha value is -0.870. The molecule has 1 amide bonds. The number of rotatable bonds is 5. The van der Waals surface area contributed by atoms with Crippen molar-refractivity contribution in [3.63, 3.8) is 0 Å². The number of nitrogens with one attached hydrogen (secondary N) is 2. The van der Waals surface area contributed by atoms with Gasteiger partial charge in [0.25, 0.3) is 0 Å². The van der Waals surface area contributed by atoms with Crippen molar-refractivity contribution in [3.05, 3.63) is 34.3 Å². The molecular formula is C15H21BrN2O. The molecule has 0 unspecified atom stereocenters. The zero-order valence-corrected chi connectivity index (χ0v) is 12.9. The van der Waals surface area contributed by atoms with Gasteiger partial charge in [-0.1, -0.05) is 40.9 Å². The minimum atomic E-state index is -0.311. The first kappa shape index (κ1) is 14.5. The number of benzene rings is 1. The summed E-state index contributed by atoms with van der Waals surface area (Å²) in [5.41, 5.74) is 0.837. The van der Waals surface area contributed by atoms with Crippen molar-refractivity contribution in [1.29, 1.82) is 0 Å². The van der Waals surface area contributed by atoms with Crippen molar-refractivity contribution < 1.29 is 4.79 Å². The summed E-state index contributed by atoms with van der Waals surface area (Å²) in [6.45, 7) is 1.50. The van der Waals surface area contributed by atoms with Crippen LogP contribution in [0.2, 0.25) is 0 Å². The van der Waals surface area contributed by atoms with Crippen LogP contribution in [-0.2, 0) is 10.2 Å². The number of carbonyl (C=O) groups excluding carboxylic acids is 1. The van der Waals surface area contributed by atoms with E-state index in [1.165, 1.54) is 0 Å². The van der Waals surface area contributed by atoms with Crippen molar-refractivity contribution in [2.45, 2.75) is 31.1 Å². The lowest BCUT2D eigenvalue weighted by atomic mass is 9.78. The third-order valence-corrected chi connectivity index (χ3v) is 4.48. The number of amides is 1. The number of carbonyl (C=O) groups is 1. The summed E-state index contributed by atoms with van der Waals surface area (Å²) in [6, 6.07) is 8.20. The highest BCUT2D eigenvalue weighted by Gasteiger charge is 2.42. The van der Waals surface area contributed by atoms with Crippen molar-refractivity contribution in [3.8, 4) is 0 Å². The summed E-state index contributed by atoms with van der Waals surface area (Å²) in [4.78, 5) is 12.6. The Balaban J connectivity index is 2.17. The first-order valence-corrected chi connectivity index (χ1v) is 7.67. The average Bonchev–Trinajstić information content (AvgIpc) is 2.90. The quantitative estimate of drug-likeness (QED) is 0.817. The molecule has 1 fully saturated rings. The molecule has 1 saturated carbocycles. The normalized spacial score (nSPS) is 17.4. The number of halogens is 1. The monoisotopic (exact) mass is 324 g/mol. The SMILES string of the molecule is CNCCNC(=O)C1(c2ccc(Br)cc2)CCCC1. The van der Waals surface area contributed by atoms with Crippen LogP contribution in [0.4, 0.5) is 0 Å². The van der Waals surface area contributed by atoms with Gasteiger partial charge in [0, 0.05) is 17.6 Å². The molecule has 3 nitrogen and oxygen atoms in total. The molecule has 0 spiro atoms. The molecule has 0 atom stereocenters. The highest BCUT2D eigenvalue weighted by Crippen LogP contribution is 2.41. The molecule has 0 radical (unpaired) electrons. The van der Waals surface area contributed by atoms with E-state index in [0.29, 0.717) is 6.54 Å². The van der Waals surface area contributed by atoms with Gasteiger partial charge in [0.05, 0.1) is 5.41 Å². The molecule has 1 aliphatic rings. The fraction of sp³-hybridized carbons (Fsp3) is 0.533. The van der Waals surface area contributed by atoms with E-state index in [0.717, 1.165) is 42.3 Å². The van der Waals surface area contributed by atoms with E-state index in [1.54, 1.807) is 0 Å². The van der Waals surface area contributed by atoms with E-state index in [2.05, 4.69) is 38.7 Å². The summed E-state index contributed by atoms with van der Waals surface area (Å²) in [6.07, 6.45) is 4.19. The lowest BCUT2D eigenvalue weighted by molar-refractivity contribution is -0.126. The number of likely N-dealkylation sites (N-methyl/N-ethyl adjacent to an activating group) is 1. The van der Waals surface area contributed by atoms with Crippen LogP contribution in [0.25, 0.3) is 0 Å². The van der Waals surface area contributed by atoms with Gasteiger partial charge in [-0.15, -0.1) is 0 Å². The first-order valence-electron chi connectivity index (χ1n) is 6.88. The zero-order chi connectivity index (χ0) is 13.7. The lowest BCUT2D eigenvalue weighted by Crippen LogP contribution is -2.44.